The van der Waals surface area contributed by atoms with Gasteiger partial charge in [-0.3, -0.25) is 0 Å². The summed E-state index contributed by atoms with van der Waals surface area (Å²) in [5.74, 6) is -2.16. The van der Waals surface area contributed by atoms with Crippen LogP contribution in [-0.2, 0) is 6.54 Å². The molecule has 0 atom stereocenters. The Morgan fingerprint density at radius 3 is 2.50 bits per heavy atom. The molecule has 0 heterocycles. The molecule has 0 aliphatic rings. The number of hydrogen-bond donors (Lipinski definition) is 1. The molecule has 2 nitrogen and oxygen atoms in total. The Labute approximate surface area is 68.2 Å². The topological polar surface area (TPSA) is 49.8 Å². The molecule has 0 fully saturated rings. The van der Waals surface area contributed by atoms with E-state index in [0.29, 0.717) is 0 Å². The summed E-state index contributed by atoms with van der Waals surface area (Å²) in [6.07, 6.45) is 0. The smallest absolute Gasteiger partial charge is 0.176 e. The second-order valence-corrected chi connectivity index (χ2v) is 2.22. The lowest BCUT2D eigenvalue weighted by molar-refractivity contribution is 0.497. The fraction of sp³-hybridized carbons (Fsp3) is 0.125. The van der Waals surface area contributed by atoms with Gasteiger partial charge in [0.05, 0.1) is 5.56 Å². The summed E-state index contributed by atoms with van der Waals surface area (Å²) in [6.45, 7) is -0.0749. The van der Waals surface area contributed by atoms with Gasteiger partial charge in [0.15, 0.2) is 11.6 Å². The highest BCUT2D eigenvalue weighted by Crippen LogP contribution is 2.14. The van der Waals surface area contributed by atoms with E-state index in [1.807, 2.05) is 0 Å². The normalized spacial score (nSPS) is 9.50. The summed E-state index contributed by atoms with van der Waals surface area (Å²) in [6, 6.07) is 4.04. The largest absolute Gasteiger partial charge is 0.326 e. The van der Waals surface area contributed by atoms with Crippen molar-refractivity contribution in [3.8, 4) is 6.07 Å². The molecule has 4 heteroatoms. The molecule has 12 heavy (non-hydrogen) atoms. The van der Waals surface area contributed by atoms with E-state index in [1.54, 1.807) is 0 Å². The zero-order valence-corrected chi connectivity index (χ0v) is 6.14. The van der Waals surface area contributed by atoms with E-state index in [2.05, 4.69) is 0 Å². The highest BCUT2D eigenvalue weighted by Gasteiger charge is 2.11. The van der Waals surface area contributed by atoms with Gasteiger partial charge in [0.25, 0.3) is 0 Å². The molecule has 2 N–H and O–H groups in total. The lowest BCUT2D eigenvalue weighted by atomic mass is 10.1. The molecule has 0 saturated heterocycles. The average Bonchev–Trinajstić information content (AvgIpc) is 2.10. The first-order valence-corrected chi connectivity index (χ1v) is 3.27. The summed E-state index contributed by atoms with van der Waals surface area (Å²) in [7, 11) is 0. The van der Waals surface area contributed by atoms with E-state index in [0.717, 1.165) is 0 Å². The number of hydrogen-bond acceptors (Lipinski definition) is 2. The first kappa shape index (κ1) is 8.62. The molecule has 0 unspecified atom stereocenters. The van der Waals surface area contributed by atoms with Crippen LogP contribution in [0.2, 0.25) is 0 Å². The monoisotopic (exact) mass is 168 g/mol. The molecule has 1 rings (SSSR count). The summed E-state index contributed by atoms with van der Waals surface area (Å²) in [5, 5.41) is 8.32. The van der Waals surface area contributed by atoms with Crippen molar-refractivity contribution < 1.29 is 8.78 Å². The first-order valence-electron chi connectivity index (χ1n) is 3.27. The molecule has 0 saturated carbocycles. The Morgan fingerprint density at radius 1 is 1.33 bits per heavy atom. The second-order valence-electron chi connectivity index (χ2n) is 2.22. The van der Waals surface area contributed by atoms with E-state index >= 15 is 0 Å². The lowest BCUT2D eigenvalue weighted by Crippen LogP contribution is -2.03. The van der Waals surface area contributed by atoms with E-state index in [9.17, 15) is 8.78 Å². The second kappa shape index (κ2) is 3.28. The minimum Gasteiger partial charge on any atom is -0.326 e. The van der Waals surface area contributed by atoms with E-state index in [4.69, 9.17) is 11.0 Å². The molecule has 1 aromatic carbocycles. The number of halogens is 2. The quantitative estimate of drug-likeness (QED) is 0.686. The standard InChI is InChI=1S/C8H6F2N2/c9-7-5(3-11)1-2-6(4-12)8(7)10/h1-2H,3,11H2. The van der Waals surface area contributed by atoms with Crippen molar-refractivity contribution >= 4 is 0 Å². The van der Waals surface area contributed by atoms with E-state index in [1.165, 1.54) is 18.2 Å². The van der Waals surface area contributed by atoms with Crippen LogP contribution in [0.5, 0.6) is 0 Å². The molecule has 0 radical (unpaired) electrons. The molecule has 0 aliphatic carbocycles. The minimum absolute atomic E-state index is 0.0749. The highest BCUT2D eigenvalue weighted by molar-refractivity contribution is 5.34. The van der Waals surface area contributed by atoms with Crippen LogP contribution in [0.3, 0.4) is 0 Å². The Hall–Kier alpha value is -1.47. The highest BCUT2D eigenvalue weighted by atomic mass is 19.2. The van der Waals surface area contributed by atoms with Crippen molar-refractivity contribution in [1.29, 1.82) is 5.26 Å². The maximum absolute atomic E-state index is 12.8. The molecule has 0 aliphatic heterocycles. The summed E-state index contributed by atoms with van der Waals surface area (Å²) < 4.78 is 25.6. The Balaban J connectivity index is 3.32. The van der Waals surface area contributed by atoms with Gasteiger partial charge in [-0.25, -0.2) is 8.78 Å². The van der Waals surface area contributed by atoms with Crippen molar-refractivity contribution in [1.82, 2.24) is 0 Å². The summed E-state index contributed by atoms with van der Waals surface area (Å²) in [5.41, 5.74) is 4.90. The number of rotatable bonds is 1. The van der Waals surface area contributed by atoms with Gasteiger partial charge in [-0.2, -0.15) is 5.26 Å². The van der Waals surface area contributed by atoms with Crippen LogP contribution in [-0.4, -0.2) is 0 Å². The van der Waals surface area contributed by atoms with Crippen LogP contribution >= 0.6 is 0 Å². The molecule has 0 spiro atoms. The van der Waals surface area contributed by atoms with Crippen molar-refractivity contribution in [3.63, 3.8) is 0 Å². The minimum atomic E-state index is -1.12. The van der Waals surface area contributed by atoms with E-state index < -0.39 is 11.6 Å². The molecular weight excluding hydrogens is 162 g/mol. The van der Waals surface area contributed by atoms with Gasteiger partial charge in [-0.1, -0.05) is 6.07 Å². The maximum atomic E-state index is 12.8. The third-order valence-corrected chi connectivity index (χ3v) is 1.50. The Bertz CT molecular complexity index is 342. The predicted octanol–water partition coefficient (Wildman–Crippen LogP) is 1.30. The van der Waals surface area contributed by atoms with Crippen molar-refractivity contribution in [3.05, 3.63) is 34.9 Å². The SMILES string of the molecule is N#Cc1ccc(CN)c(F)c1F. The number of nitriles is 1. The van der Waals surface area contributed by atoms with Crippen LogP contribution in [0, 0.1) is 23.0 Å². The van der Waals surface area contributed by atoms with Crippen molar-refractivity contribution in [2.45, 2.75) is 6.54 Å². The Kier molecular flexibility index (Phi) is 2.36. The van der Waals surface area contributed by atoms with Crippen LogP contribution in [0.15, 0.2) is 12.1 Å². The molecule has 0 aromatic heterocycles. The average molecular weight is 168 g/mol. The third kappa shape index (κ3) is 1.27. The number of benzene rings is 1. The number of nitrogens with zero attached hydrogens (tertiary/aromatic N) is 1. The zero-order valence-electron chi connectivity index (χ0n) is 6.14. The molecule has 62 valence electrons. The molecule has 1 aromatic rings. The summed E-state index contributed by atoms with van der Waals surface area (Å²) >= 11 is 0. The first-order chi connectivity index (χ1) is 5.70. The zero-order chi connectivity index (χ0) is 9.14. The van der Waals surface area contributed by atoms with Crippen LogP contribution in [0.25, 0.3) is 0 Å². The Morgan fingerprint density at radius 2 is 2.00 bits per heavy atom. The predicted molar refractivity (Wildman–Crippen MR) is 39.0 cm³/mol. The van der Waals surface area contributed by atoms with Gasteiger partial charge < -0.3 is 5.73 Å². The molecule has 0 bridgehead atoms. The maximum Gasteiger partial charge on any atom is 0.176 e. The van der Waals surface area contributed by atoms with Gasteiger partial charge >= 0.3 is 0 Å². The fourth-order valence-corrected chi connectivity index (χ4v) is 0.833. The lowest BCUT2D eigenvalue weighted by Gasteiger charge is -2.00. The number of nitrogens with two attached hydrogens (primary N) is 1. The van der Waals surface area contributed by atoms with Gasteiger partial charge in [-0.15, -0.1) is 0 Å². The van der Waals surface area contributed by atoms with Gasteiger partial charge in [0.2, 0.25) is 0 Å². The van der Waals surface area contributed by atoms with Crippen LogP contribution < -0.4 is 5.73 Å². The van der Waals surface area contributed by atoms with Crippen LogP contribution in [0.1, 0.15) is 11.1 Å². The molecule has 0 amide bonds. The van der Waals surface area contributed by atoms with Crippen molar-refractivity contribution in [2.75, 3.05) is 0 Å². The van der Waals surface area contributed by atoms with Crippen LogP contribution in [0.4, 0.5) is 8.78 Å². The van der Waals surface area contributed by atoms with Gasteiger partial charge in [-0.05, 0) is 6.07 Å². The van der Waals surface area contributed by atoms with Gasteiger partial charge in [0.1, 0.15) is 6.07 Å². The van der Waals surface area contributed by atoms with Gasteiger partial charge in [0, 0.05) is 12.1 Å². The van der Waals surface area contributed by atoms with E-state index in [-0.39, 0.29) is 17.7 Å². The third-order valence-electron chi connectivity index (χ3n) is 1.50. The molecular formula is C8H6F2N2. The summed E-state index contributed by atoms with van der Waals surface area (Å²) in [4.78, 5) is 0. The van der Waals surface area contributed by atoms with Crippen molar-refractivity contribution in [2.24, 2.45) is 5.73 Å². The fourth-order valence-electron chi connectivity index (χ4n) is 0.833.